The zero-order chi connectivity index (χ0) is 17.2. The van der Waals surface area contributed by atoms with Crippen molar-refractivity contribution >= 4 is 29.2 Å². The Kier molecular flexibility index (Phi) is 4.49. The zero-order valence-corrected chi connectivity index (χ0v) is 13.5. The van der Waals surface area contributed by atoms with Gasteiger partial charge in [-0.15, -0.1) is 0 Å². The number of oxime groups is 1. The number of amides is 1. The molecule has 0 saturated heterocycles. The van der Waals surface area contributed by atoms with E-state index >= 15 is 0 Å². The van der Waals surface area contributed by atoms with Crippen molar-refractivity contribution in [3.63, 3.8) is 0 Å². The van der Waals surface area contributed by atoms with E-state index in [1.165, 1.54) is 18.7 Å². The van der Waals surface area contributed by atoms with Crippen LogP contribution in [-0.4, -0.2) is 30.6 Å². The molecule has 1 unspecified atom stereocenters. The Bertz CT molecular complexity index is 697. The van der Waals surface area contributed by atoms with E-state index in [0.29, 0.717) is 17.0 Å². The van der Waals surface area contributed by atoms with Gasteiger partial charge in [0.25, 0.3) is 5.91 Å². The topological polar surface area (TPSA) is 85.3 Å². The molecule has 1 atom stereocenters. The smallest absolute Gasteiger partial charge is 0.331 e. The minimum Gasteiger partial charge on any atom is -0.444 e. The summed E-state index contributed by atoms with van der Waals surface area (Å²) >= 11 is 0. The third kappa shape index (κ3) is 3.08. The van der Waals surface area contributed by atoms with Crippen LogP contribution >= 0.6 is 0 Å². The van der Waals surface area contributed by atoms with E-state index < -0.39 is 17.5 Å². The van der Waals surface area contributed by atoms with Crippen LogP contribution in [-0.2, 0) is 29.6 Å². The zero-order valence-electron chi connectivity index (χ0n) is 13.5. The van der Waals surface area contributed by atoms with Crippen molar-refractivity contribution in [2.24, 2.45) is 5.16 Å². The van der Waals surface area contributed by atoms with Crippen LogP contribution in [0.4, 0.5) is 5.69 Å². The molecule has 1 aromatic carbocycles. The number of carbonyl (C=O) groups excluding carboxylic acids is 3. The quantitative estimate of drug-likeness (QED) is 0.365. The Hall–Kier alpha value is -2.70. The van der Waals surface area contributed by atoms with Crippen LogP contribution in [0.2, 0.25) is 0 Å². The van der Waals surface area contributed by atoms with E-state index in [1.807, 2.05) is 0 Å². The van der Waals surface area contributed by atoms with Gasteiger partial charge in [-0.25, -0.2) is 4.79 Å². The second-order valence-corrected chi connectivity index (χ2v) is 5.39. The van der Waals surface area contributed by atoms with Gasteiger partial charge >= 0.3 is 11.9 Å². The van der Waals surface area contributed by atoms with E-state index in [4.69, 9.17) is 4.74 Å². The molecule has 2 rings (SSSR count). The maximum Gasteiger partial charge on any atom is 0.331 e. The predicted molar refractivity (Wildman–Crippen MR) is 82.8 cm³/mol. The fourth-order valence-corrected chi connectivity index (χ4v) is 2.69. The molecule has 7 heteroatoms. The lowest BCUT2D eigenvalue weighted by Crippen LogP contribution is -2.43. The largest absolute Gasteiger partial charge is 0.444 e. The van der Waals surface area contributed by atoms with Gasteiger partial charge in [0.2, 0.25) is 5.60 Å². The Labute approximate surface area is 133 Å². The van der Waals surface area contributed by atoms with Crippen molar-refractivity contribution in [2.45, 2.75) is 32.8 Å². The Morgan fingerprint density at radius 3 is 2.43 bits per heavy atom. The number of esters is 1. The molecule has 7 nitrogen and oxygen atoms in total. The lowest BCUT2D eigenvalue weighted by Gasteiger charge is -2.27. The summed E-state index contributed by atoms with van der Waals surface area (Å²) < 4.78 is 5.43. The Balaban J connectivity index is 2.48. The van der Waals surface area contributed by atoms with Gasteiger partial charge in [0, 0.05) is 32.9 Å². The number of carbonyl (C=O) groups is 3. The average molecular weight is 318 g/mol. The molecular weight excluding hydrogens is 300 g/mol. The molecule has 1 heterocycles. The number of fused-ring (bicyclic) bond motifs is 1. The van der Waals surface area contributed by atoms with Crippen molar-refractivity contribution < 1.29 is 24.0 Å². The monoisotopic (exact) mass is 318 g/mol. The second-order valence-electron chi connectivity index (χ2n) is 5.39. The van der Waals surface area contributed by atoms with Crippen molar-refractivity contribution in [1.29, 1.82) is 0 Å². The molecule has 0 saturated carbocycles. The minimum absolute atomic E-state index is 0.0000463. The van der Waals surface area contributed by atoms with E-state index in [0.717, 1.165) is 0 Å². The standard InChI is InChI=1S/C16H18N2O5/c1-10(17-23-12(3)20)9-16(22-11(2)19)13-7-5-6-8-14(13)18(4)15(16)21/h5-8H,9H2,1-4H3/b17-10+. The summed E-state index contributed by atoms with van der Waals surface area (Å²) in [6.45, 7) is 4.07. The molecule has 122 valence electrons. The maximum atomic E-state index is 12.8. The number of likely N-dealkylation sites (N-methyl/N-ethyl adjacent to an activating group) is 1. The molecule has 0 radical (unpaired) electrons. The van der Waals surface area contributed by atoms with Crippen molar-refractivity contribution in [3.05, 3.63) is 29.8 Å². The number of rotatable bonds is 4. The highest BCUT2D eigenvalue weighted by atomic mass is 16.7. The number of anilines is 1. The molecule has 23 heavy (non-hydrogen) atoms. The number of hydrogen-bond donors (Lipinski definition) is 0. The van der Waals surface area contributed by atoms with E-state index in [-0.39, 0.29) is 12.3 Å². The lowest BCUT2D eigenvalue weighted by atomic mass is 9.89. The van der Waals surface area contributed by atoms with Gasteiger partial charge < -0.3 is 14.5 Å². The summed E-state index contributed by atoms with van der Waals surface area (Å²) in [5.41, 5.74) is 0.115. The molecule has 0 aliphatic carbocycles. The Morgan fingerprint density at radius 2 is 1.83 bits per heavy atom. The first-order chi connectivity index (χ1) is 10.8. The maximum absolute atomic E-state index is 12.8. The molecule has 1 aliphatic rings. The van der Waals surface area contributed by atoms with Crippen LogP contribution in [0.1, 0.15) is 32.8 Å². The molecule has 1 amide bonds. The Morgan fingerprint density at radius 1 is 1.17 bits per heavy atom. The van der Waals surface area contributed by atoms with E-state index in [2.05, 4.69) is 9.99 Å². The van der Waals surface area contributed by atoms with Crippen LogP contribution in [0.3, 0.4) is 0 Å². The van der Waals surface area contributed by atoms with Gasteiger partial charge in [-0.3, -0.25) is 9.59 Å². The number of hydrogen-bond acceptors (Lipinski definition) is 6. The lowest BCUT2D eigenvalue weighted by molar-refractivity contribution is -0.165. The summed E-state index contributed by atoms with van der Waals surface area (Å²) in [6.07, 6.45) is 0.0000463. The van der Waals surface area contributed by atoms with Gasteiger partial charge in [-0.05, 0) is 13.0 Å². The molecule has 1 aliphatic heterocycles. The van der Waals surface area contributed by atoms with Crippen LogP contribution in [0.25, 0.3) is 0 Å². The molecule has 0 spiro atoms. The number of para-hydroxylation sites is 1. The molecule has 0 aromatic heterocycles. The summed E-state index contributed by atoms with van der Waals surface area (Å²) in [4.78, 5) is 41.3. The molecule has 0 fully saturated rings. The second kappa shape index (κ2) is 6.20. The van der Waals surface area contributed by atoms with Gasteiger partial charge in [-0.2, -0.15) is 0 Å². The first-order valence-electron chi connectivity index (χ1n) is 7.06. The normalized spacial score (nSPS) is 20.3. The summed E-state index contributed by atoms with van der Waals surface area (Å²) in [7, 11) is 1.62. The van der Waals surface area contributed by atoms with Crippen LogP contribution in [0, 0.1) is 0 Å². The van der Waals surface area contributed by atoms with Gasteiger partial charge in [0.05, 0.1) is 11.4 Å². The average Bonchev–Trinajstić information content (AvgIpc) is 2.68. The SMILES string of the molecule is CC(=O)O/N=C(\C)CC1(OC(C)=O)C(=O)N(C)c2ccccc21. The minimum atomic E-state index is -1.50. The van der Waals surface area contributed by atoms with Crippen molar-refractivity contribution in [2.75, 3.05) is 11.9 Å². The number of benzene rings is 1. The van der Waals surface area contributed by atoms with Crippen molar-refractivity contribution in [3.8, 4) is 0 Å². The summed E-state index contributed by atoms with van der Waals surface area (Å²) in [5, 5.41) is 3.68. The summed E-state index contributed by atoms with van der Waals surface area (Å²) in [6, 6.07) is 7.07. The first kappa shape index (κ1) is 16.7. The highest BCUT2D eigenvalue weighted by Crippen LogP contribution is 2.44. The van der Waals surface area contributed by atoms with Crippen LogP contribution in [0.15, 0.2) is 29.4 Å². The highest BCUT2D eigenvalue weighted by molar-refractivity contribution is 6.09. The third-order valence-electron chi connectivity index (χ3n) is 3.50. The molecule has 0 N–H and O–H groups in total. The molecular formula is C16H18N2O5. The molecule has 1 aromatic rings. The van der Waals surface area contributed by atoms with Gasteiger partial charge in [0.1, 0.15) is 0 Å². The van der Waals surface area contributed by atoms with Gasteiger partial charge in [0.15, 0.2) is 0 Å². The number of ether oxygens (including phenoxy) is 1. The van der Waals surface area contributed by atoms with E-state index in [1.54, 1.807) is 38.2 Å². The molecule has 0 bridgehead atoms. The fraction of sp³-hybridized carbons (Fsp3) is 0.375. The van der Waals surface area contributed by atoms with E-state index in [9.17, 15) is 14.4 Å². The highest BCUT2D eigenvalue weighted by Gasteiger charge is 2.53. The first-order valence-corrected chi connectivity index (χ1v) is 7.06. The van der Waals surface area contributed by atoms with Crippen LogP contribution in [0.5, 0.6) is 0 Å². The fourth-order valence-electron chi connectivity index (χ4n) is 2.69. The number of nitrogens with zero attached hydrogens (tertiary/aromatic N) is 2. The summed E-state index contributed by atoms with van der Waals surface area (Å²) in [5.74, 6) is -1.52. The third-order valence-corrected chi connectivity index (χ3v) is 3.50. The van der Waals surface area contributed by atoms with Gasteiger partial charge in [-0.1, -0.05) is 23.4 Å². The van der Waals surface area contributed by atoms with Crippen molar-refractivity contribution in [1.82, 2.24) is 0 Å². The predicted octanol–water partition coefficient (Wildman–Crippen LogP) is 1.75. The van der Waals surface area contributed by atoms with Crippen LogP contribution < -0.4 is 4.90 Å².